The van der Waals surface area contributed by atoms with Crippen LogP contribution in [0.3, 0.4) is 0 Å². The molecule has 0 aliphatic carbocycles. The number of nitrogens with one attached hydrogen (secondary N) is 2. The van der Waals surface area contributed by atoms with E-state index in [1.165, 1.54) is 7.11 Å². The maximum Gasteiger partial charge on any atom is 0.324 e. The predicted octanol–water partition coefficient (Wildman–Crippen LogP) is 0.629. The van der Waals surface area contributed by atoms with Crippen LogP contribution in [0.15, 0.2) is 0 Å². The molecule has 0 saturated carbocycles. The fraction of sp³-hybridized carbons (Fsp3) is 0.900. The second kappa shape index (κ2) is 5.83. The number of ether oxygens (including phenoxy) is 1. The van der Waals surface area contributed by atoms with Gasteiger partial charge in [0.05, 0.1) is 18.6 Å². The highest BCUT2D eigenvalue weighted by Crippen LogP contribution is 2.27. The van der Waals surface area contributed by atoms with Crippen molar-refractivity contribution < 1.29 is 27.1 Å². The quantitative estimate of drug-likeness (QED) is 0.697. The average Bonchev–Trinajstić information content (AvgIpc) is 2.76. The first-order chi connectivity index (χ1) is 8.34. The molecule has 1 saturated heterocycles. The van der Waals surface area contributed by atoms with E-state index in [9.17, 15) is 22.4 Å². The lowest BCUT2D eigenvalue weighted by atomic mass is 9.87. The first-order valence-corrected chi connectivity index (χ1v) is 5.48. The van der Waals surface area contributed by atoms with E-state index in [4.69, 9.17) is 4.74 Å². The molecule has 106 valence electrons. The maximum absolute atomic E-state index is 12.7. The van der Waals surface area contributed by atoms with E-state index in [2.05, 4.69) is 5.32 Å². The Bertz CT molecular complexity index is 294. The minimum absolute atomic E-state index is 0.0616. The number of halogens is 4. The number of hydrogen-bond acceptors (Lipinski definition) is 3. The zero-order chi connectivity index (χ0) is 13.8. The van der Waals surface area contributed by atoms with Crippen molar-refractivity contribution in [3.8, 4) is 0 Å². The van der Waals surface area contributed by atoms with Crippen molar-refractivity contribution in [1.82, 2.24) is 10.6 Å². The molecule has 1 unspecified atom stereocenters. The van der Waals surface area contributed by atoms with Gasteiger partial charge in [-0.2, -0.15) is 8.78 Å². The zero-order valence-electron chi connectivity index (χ0n) is 9.94. The van der Waals surface area contributed by atoms with Crippen LogP contribution in [-0.4, -0.2) is 51.6 Å². The summed E-state index contributed by atoms with van der Waals surface area (Å²) in [6.07, 6.45) is -3.37. The molecule has 1 heterocycles. The van der Waals surface area contributed by atoms with Crippen LogP contribution in [-0.2, 0) is 9.53 Å². The Hall–Kier alpha value is -0.890. The van der Waals surface area contributed by atoms with Crippen molar-refractivity contribution in [3.63, 3.8) is 0 Å². The lowest BCUT2D eigenvalue weighted by Gasteiger charge is -2.27. The van der Waals surface area contributed by atoms with Crippen molar-refractivity contribution in [2.45, 2.75) is 18.8 Å². The summed E-state index contributed by atoms with van der Waals surface area (Å²) in [6, 6.07) is 0. The molecule has 1 rings (SSSR count). The number of amides is 1. The second-order valence-electron chi connectivity index (χ2n) is 4.38. The number of carbonyl (C=O) groups excluding carboxylic acids is 1. The van der Waals surface area contributed by atoms with Gasteiger partial charge in [0.25, 0.3) is 0 Å². The van der Waals surface area contributed by atoms with Gasteiger partial charge >= 0.3 is 12.3 Å². The van der Waals surface area contributed by atoms with Crippen LogP contribution >= 0.6 is 0 Å². The summed E-state index contributed by atoms with van der Waals surface area (Å²) < 4.78 is 54.2. The minimum atomic E-state index is -4.21. The van der Waals surface area contributed by atoms with Crippen molar-refractivity contribution in [2.75, 3.05) is 33.4 Å². The van der Waals surface area contributed by atoms with Crippen LogP contribution in [0.4, 0.5) is 17.6 Å². The van der Waals surface area contributed by atoms with E-state index >= 15 is 0 Å². The Morgan fingerprint density at radius 1 is 1.56 bits per heavy atom. The fourth-order valence-electron chi connectivity index (χ4n) is 1.87. The topological polar surface area (TPSA) is 50.4 Å². The minimum Gasteiger partial charge on any atom is -0.384 e. The normalized spacial score (nSPS) is 24.6. The third-order valence-electron chi connectivity index (χ3n) is 2.95. The molecule has 1 aliphatic rings. The average molecular weight is 272 g/mol. The summed E-state index contributed by atoms with van der Waals surface area (Å²) in [4.78, 5) is 11.8. The number of hydrogen-bond donors (Lipinski definition) is 2. The van der Waals surface area contributed by atoms with Crippen LogP contribution in [0.2, 0.25) is 0 Å². The van der Waals surface area contributed by atoms with Crippen molar-refractivity contribution in [3.05, 3.63) is 0 Å². The summed E-state index contributed by atoms with van der Waals surface area (Å²) in [7, 11) is 1.39. The maximum atomic E-state index is 12.7. The molecule has 1 atom stereocenters. The fourth-order valence-corrected chi connectivity index (χ4v) is 1.87. The summed E-state index contributed by atoms with van der Waals surface area (Å²) in [5.74, 6) is -4.90. The summed E-state index contributed by atoms with van der Waals surface area (Å²) in [6.45, 7) is -0.462. The van der Waals surface area contributed by atoms with Gasteiger partial charge in [0, 0.05) is 13.7 Å². The smallest absolute Gasteiger partial charge is 0.324 e. The molecule has 1 fully saturated rings. The zero-order valence-corrected chi connectivity index (χ0v) is 9.94. The first kappa shape index (κ1) is 15.2. The van der Waals surface area contributed by atoms with E-state index in [0.29, 0.717) is 13.0 Å². The summed E-state index contributed by atoms with van der Waals surface area (Å²) in [5, 5.41) is 4.81. The molecule has 1 amide bonds. The Kier molecular flexibility index (Phi) is 4.92. The van der Waals surface area contributed by atoms with Crippen LogP contribution in [0.1, 0.15) is 6.42 Å². The number of methoxy groups -OCH3 is 1. The molecule has 8 heteroatoms. The van der Waals surface area contributed by atoms with Gasteiger partial charge in [0.1, 0.15) is 0 Å². The molecule has 4 nitrogen and oxygen atoms in total. The third kappa shape index (κ3) is 3.32. The van der Waals surface area contributed by atoms with Gasteiger partial charge < -0.3 is 15.4 Å². The predicted molar refractivity (Wildman–Crippen MR) is 55.8 cm³/mol. The highest BCUT2D eigenvalue weighted by Gasteiger charge is 2.45. The van der Waals surface area contributed by atoms with Crippen molar-refractivity contribution in [2.24, 2.45) is 5.41 Å². The van der Waals surface area contributed by atoms with Gasteiger partial charge in [-0.3, -0.25) is 4.79 Å². The van der Waals surface area contributed by atoms with Crippen LogP contribution in [0.25, 0.3) is 0 Å². The summed E-state index contributed by atoms with van der Waals surface area (Å²) >= 11 is 0. The standard InChI is InChI=1S/C10H16F4N2O2/c1-18-6-9(2-3-15-4-9)8(17)16-5-10(13,14)7(11)12/h7,15H,2-6H2,1H3,(H,16,17). The Morgan fingerprint density at radius 3 is 2.67 bits per heavy atom. The molecule has 0 aromatic rings. The van der Waals surface area contributed by atoms with E-state index < -0.39 is 30.2 Å². The van der Waals surface area contributed by atoms with Gasteiger partial charge in [-0.25, -0.2) is 8.78 Å². The first-order valence-electron chi connectivity index (χ1n) is 5.48. The van der Waals surface area contributed by atoms with Crippen molar-refractivity contribution in [1.29, 1.82) is 0 Å². The van der Waals surface area contributed by atoms with Gasteiger partial charge in [-0.05, 0) is 13.0 Å². The van der Waals surface area contributed by atoms with Crippen LogP contribution in [0.5, 0.6) is 0 Å². The molecule has 0 bridgehead atoms. The lowest BCUT2D eigenvalue weighted by molar-refractivity contribution is -0.144. The van der Waals surface area contributed by atoms with E-state index in [-0.39, 0.29) is 13.2 Å². The second-order valence-corrected chi connectivity index (χ2v) is 4.38. The lowest BCUT2D eigenvalue weighted by Crippen LogP contribution is -2.50. The van der Waals surface area contributed by atoms with E-state index in [1.54, 1.807) is 0 Å². The Labute approximate surface area is 102 Å². The van der Waals surface area contributed by atoms with Crippen LogP contribution in [0, 0.1) is 5.41 Å². The number of rotatable bonds is 6. The SMILES string of the molecule is COCC1(C(=O)NCC(F)(F)C(F)F)CCNC1. The number of carbonyl (C=O) groups is 1. The summed E-state index contributed by atoms with van der Waals surface area (Å²) in [5.41, 5.74) is -0.951. The number of alkyl halides is 4. The molecule has 0 radical (unpaired) electrons. The van der Waals surface area contributed by atoms with Crippen molar-refractivity contribution >= 4 is 5.91 Å². The largest absolute Gasteiger partial charge is 0.384 e. The molecule has 0 spiro atoms. The third-order valence-corrected chi connectivity index (χ3v) is 2.95. The molecule has 1 aliphatic heterocycles. The highest BCUT2D eigenvalue weighted by atomic mass is 19.3. The van der Waals surface area contributed by atoms with E-state index in [0.717, 1.165) is 0 Å². The Balaban J connectivity index is 2.58. The molecular weight excluding hydrogens is 256 g/mol. The van der Waals surface area contributed by atoms with Gasteiger partial charge in [-0.1, -0.05) is 0 Å². The molecule has 2 N–H and O–H groups in total. The monoisotopic (exact) mass is 272 g/mol. The van der Waals surface area contributed by atoms with Gasteiger partial charge in [0.2, 0.25) is 5.91 Å². The molecule has 18 heavy (non-hydrogen) atoms. The van der Waals surface area contributed by atoms with Gasteiger partial charge in [-0.15, -0.1) is 0 Å². The van der Waals surface area contributed by atoms with Crippen LogP contribution < -0.4 is 10.6 Å². The highest BCUT2D eigenvalue weighted by molar-refractivity contribution is 5.83. The van der Waals surface area contributed by atoms with E-state index in [1.807, 2.05) is 5.32 Å². The molecular formula is C10H16F4N2O2. The Morgan fingerprint density at radius 2 is 2.22 bits per heavy atom. The van der Waals surface area contributed by atoms with Gasteiger partial charge in [0.15, 0.2) is 0 Å². The molecule has 0 aromatic heterocycles. The molecule has 0 aromatic carbocycles.